The van der Waals surface area contributed by atoms with Gasteiger partial charge in [-0.15, -0.1) is 0 Å². The van der Waals surface area contributed by atoms with E-state index in [2.05, 4.69) is 26.1 Å². The topological polar surface area (TPSA) is 106 Å². The zero-order chi connectivity index (χ0) is 17.2. The van der Waals surface area contributed by atoms with Crippen LogP contribution >= 0.6 is 0 Å². The fraction of sp³-hybridized carbons (Fsp3) is 0.0556. The third-order valence-electron chi connectivity index (χ3n) is 3.78. The number of nitrogens with two attached hydrogens (primary N) is 1. The molecule has 7 nitrogen and oxygen atoms in total. The Morgan fingerprint density at radius 1 is 1.08 bits per heavy atom. The number of hydrogen-bond donors (Lipinski definition) is 1. The summed E-state index contributed by atoms with van der Waals surface area (Å²) in [4.78, 5) is 13.1. The molecule has 1 aromatic carbocycles. The smallest absolute Gasteiger partial charge is 0.198 e. The van der Waals surface area contributed by atoms with Crippen LogP contribution in [0.5, 0.6) is 0 Å². The summed E-state index contributed by atoms with van der Waals surface area (Å²) in [6.07, 6.45) is 3.97. The SMILES string of the molecule is N#Cc1ccccc1-c1cn2nc(Cc3ccccn3)nc2c(N)n1. The molecular formula is C18H13N7. The van der Waals surface area contributed by atoms with Gasteiger partial charge in [-0.2, -0.15) is 10.4 Å². The van der Waals surface area contributed by atoms with Gasteiger partial charge in [0.25, 0.3) is 0 Å². The van der Waals surface area contributed by atoms with Crippen molar-refractivity contribution >= 4 is 11.5 Å². The maximum absolute atomic E-state index is 9.28. The van der Waals surface area contributed by atoms with E-state index < -0.39 is 0 Å². The van der Waals surface area contributed by atoms with Gasteiger partial charge in [0.1, 0.15) is 0 Å². The lowest BCUT2D eigenvalue weighted by molar-refractivity contribution is 0.884. The lowest BCUT2D eigenvalue weighted by Gasteiger charge is -2.05. The molecule has 0 unspecified atom stereocenters. The van der Waals surface area contributed by atoms with E-state index in [-0.39, 0.29) is 5.82 Å². The fourth-order valence-electron chi connectivity index (χ4n) is 2.63. The van der Waals surface area contributed by atoms with Gasteiger partial charge < -0.3 is 5.73 Å². The highest BCUT2D eigenvalue weighted by atomic mass is 15.3. The van der Waals surface area contributed by atoms with Crippen LogP contribution in [-0.4, -0.2) is 24.6 Å². The van der Waals surface area contributed by atoms with Crippen LogP contribution in [0.25, 0.3) is 16.9 Å². The van der Waals surface area contributed by atoms with Gasteiger partial charge in [0, 0.05) is 17.5 Å². The van der Waals surface area contributed by atoms with Crippen LogP contribution in [0.4, 0.5) is 5.82 Å². The molecule has 0 fully saturated rings. The van der Waals surface area contributed by atoms with Crippen molar-refractivity contribution in [3.8, 4) is 17.3 Å². The minimum absolute atomic E-state index is 0.269. The number of pyridine rings is 1. The molecule has 0 bridgehead atoms. The molecule has 7 heteroatoms. The van der Waals surface area contributed by atoms with Crippen molar-refractivity contribution < 1.29 is 0 Å². The number of fused-ring (bicyclic) bond motifs is 1. The monoisotopic (exact) mass is 327 g/mol. The van der Waals surface area contributed by atoms with E-state index in [1.54, 1.807) is 23.0 Å². The Morgan fingerprint density at radius 2 is 1.92 bits per heavy atom. The number of aromatic nitrogens is 5. The van der Waals surface area contributed by atoms with E-state index in [9.17, 15) is 5.26 Å². The highest BCUT2D eigenvalue weighted by Gasteiger charge is 2.13. The average molecular weight is 327 g/mol. The lowest BCUT2D eigenvalue weighted by atomic mass is 10.1. The Balaban J connectivity index is 1.79. The van der Waals surface area contributed by atoms with Crippen LogP contribution < -0.4 is 5.73 Å². The largest absolute Gasteiger partial charge is 0.381 e. The predicted octanol–water partition coefficient (Wildman–Crippen LogP) is 2.23. The van der Waals surface area contributed by atoms with Crippen LogP contribution in [0.3, 0.4) is 0 Å². The maximum Gasteiger partial charge on any atom is 0.198 e. The number of benzene rings is 1. The minimum atomic E-state index is 0.269. The van der Waals surface area contributed by atoms with E-state index in [0.29, 0.717) is 34.7 Å². The summed E-state index contributed by atoms with van der Waals surface area (Å²) in [6.45, 7) is 0. The molecule has 4 rings (SSSR count). The van der Waals surface area contributed by atoms with Gasteiger partial charge in [0.05, 0.1) is 29.9 Å². The Morgan fingerprint density at radius 3 is 2.72 bits per heavy atom. The van der Waals surface area contributed by atoms with E-state index in [1.165, 1.54) is 0 Å². The third-order valence-corrected chi connectivity index (χ3v) is 3.78. The molecule has 4 aromatic rings. The Labute approximate surface area is 143 Å². The van der Waals surface area contributed by atoms with Crippen molar-refractivity contribution in [1.29, 1.82) is 5.26 Å². The van der Waals surface area contributed by atoms with Crippen LogP contribution in [0.1, 0.15) is 17.1 Å². The van der Waals surface area contributed by atoms with E-state index in [4.69, 9.17) is 5.73 Å². The molecule has 2 N–H and O–H groups in total. The summed E-state index contributed by atoms with van der Waals surface area (Å²) >= 11 is 0. The summed E-state index contributed by atoms with van der Waals surface area (Å²) in [5, 5.41) is 13.8. The van der Waals surface area contributed by atoms with Gasteiger partial charge >= 0.3 is 0 Å². The average Bonchev–Trinajstić information content (AvgIpc) is 3.05. The van der Waals surface area contributed by atoms with Gasteiger partial charge in [0.15, 0.2) is 17.3 Å². The second-order valence-corrected chi connectivity index (χ2v) is 5.46. The lowest BCUT2D eigenvalue weighted by Crippen LogP contribution is -2.00. The predicted molar refractivity (Wildman–Crippen MR) is 92.4 cm³/mol. The number of nitrogens with zero attached hydrogens (tertiary/aromatic N) is 6. The van der Waals surface area contributed by atoms with E-state index in [1.807, 2.05) is 36.4 Å². The van der Waals surface area contributed by atoms with Crippen molar-refractivity contribution in [3.05, 3.63) is 71.9 Å². The molecule has 3 heterocycles. The Bertz CT molecular complexity index is 1090. The van der Waals surface area contributed by atoms with Gasteiger partial charge in [-0.05, 0) is 18.2 Å². The van der Waals surface area contributed by atoms with Gasteiger partial charge in [-0.1, -0.05) is 24.3 Å². The number of hydrogen-bond acceptors (Lipinski definition) is 6. The summed E-state index contributed by atoms with van der Waals surface area (Å²) in [6, 6.07) is 15.1. The quantitative estimate of drug-likeness (QED) is 0.618. The Kier molecular flexibility index (Phi) is 3.56. The van der Waals surface area contributed by atoms with E-state index >= 15 is 0 Å². The van der Waals surface area contributed by atoms with Crippen molar-refractivity contribution in [3.63, 3.8) is 0 Å². The highest BCUT2D eigenvalue weighted by molar-refractivity contribution is 5.71. The third kappa shape index (κ3) is 2.77. The number of anilines is 1. The number of rotatable bonds is 3. The first kappa shape index (κ1) is 14.8. The van der Waals surface area contributed by atoms with E-state index in [0.717, 1.165) is 5.69 Å². The van der Waals surface area contributed by atoms with Crippen molar-refractivity contribution in [2.45, 2.75) is 6.42 Å². The maximum atomic E-state index is 9.28. The molecule has 0 aliphatic heterocycles. The molecule has 25 heavy (non-hydrogen) atoms. The minimum Gasteiger partial charge on any atom is -0.381 e. The van der Waals surface area contributed by atoms with Crippen LogP contribution in [0.15, 0.2) is 54.9 Å². The van der Waals surface area contributed by atoms with Gasteiger partial charge in [0.2, 0.25) is 0 Å². The second-order valence-electron chi connectivity index (χ2n) is 5.46. The molecule has 0 saturated heterocycles. The fourth-order valence-corrected chi connectivity index (χ4v) is 2.63. The number of nitriles is 1. The van der Waals surface area contributed by atoms with Crippen LogP contribution in [-0.2, 0) is 6.42 Å². The molecule has 0 radical (unpaired) electrons. The standard InChI is InChI=1S/C18H13N7/c19-10-12-5-1-2-7-14(12)15-11-25-18(17(20)22-15)23-16(24-25)9-13-6-3-4-8-21-13/h1-8,11H,9H2,(H2,20,22). The summed E-state index contributed by atoms with van der Waals surface area (Å²) in [7, 11) is 0. The molecule has 3 aromatic heterocycles. The van der Waals surface area contributed by atoms with Gasteiger partial charge in [-0.25, -0.2) is 14.5 Å². The summed E-state index contributed by atoms with van der Waals surface area (Å²) < 4.78 is 1.60. The van der Waals surface area contributed by atoms with Gasteiger partial charge in [-0.3, -0.25) is 4.98 Å². The molecule has 0 amide bonds. The normalized spacial score (nSPS) is 10.7. The Hall–Kier alpha value is -3.79. The molecule has 0 aliphatic carbocycles. The zero-order valence-electron chi connectivity index (χ0n) is 13.2. The molecule has 0 saturated carbocycles. The first-order valence-electron chi connectivity index (χ1n) is 7.66. The molecule has 0 atom stereocenters. The van der Waals surface area contributed by atoms with Crippen LogP contribution in [0.2, 0.25) is 0 Å². The van der Waals surface area contributed by atoms with Crippen molar-refractivity contribution in [2.24, 2.45) is 0 Å². The zero-order valence-corrected chi connectivity index (χ0v) is 13.2. The first-order chi connectivity index (χ1) is 12.2. The summed E-state index contributed by atoms with van der Waals surface area (Å²) in [5.74, 6) is 0.878. The molecular weight excluding hydrogens is 314 g/mol. The second kappa shape index (κ2) is 6.02. The first-order valence-corrected chi connectivity index (χ1v) is 7.66. The summed E-state index contributed by atoms with van der Waals surface area (Å²) in [5.41, 5.74) is 9.24. The molecule has 0 aliphatic rings. The molecule has 0 spiro atoms. The highest BCUT2D eigenvalue weighted by Crippen LogP contribution is 2.23. The van der Waals surface area contributed by atoms with Crippen LogP contribution in [0, 0.1) is 11.3 Å². The number of nitrogen functional groups attached to an aromatic ring is 1. The van der Waals surface area contributed by atoms with Crippen molar-refractivity contribution in [1.82, 2.24) is 24.6 Å². The molecule has 120 valence electrons. The van der Waals surface area contributed by atoms with Crippen molar-refractivity contribution in [2.75, 3.05) is 5.73 Å².